The van der Waals surface area contributed by atoms with Crippen LogP contribution in [0.2, 0.25) is 0 Å². The van der Waals surface area contributed by atoms with Crippen molar-refractivity contribution in [2.75, 3.05) is 19.9 Å². The second kappa shape index (κ2) is 11.7. The Kier molecular flexibility index (Phi) is 8.28. The minimum Gasteiger partial charge on any atom is -0.406 e. The number of alkyl halides is 3. The number of halogens is 3. The Morgan fingerprint density at radius 3 is 2.74 bits per heavy atom. The molecule has 7 N–H and O–H groups in total. The first-order valence-corrected chi connectivity index (χ1v) is 14.8. The normalized spacial score (nSPS) is 38.0. The Bertz CT molecular complexity index is 1140. The molecule has 6 aliphatic rings. The van der Waals surface area contributed by atoms with Gasteiger partial charge in [-0.15, -0.1) is 13.2 Å². The number of amidine groups is 1. The third-order valence-corrected chi connectivity index (χ3v) is 9.17. The van der Waals surface area contributed by atoms with Crippen LogP contribution < -0.4 is 21.7 Å². The van der Waals surface area contributed by atoms with Gasteiger partial charge in [0.25, 0.3) is 0 Å². The van der Waals surface area contributed by atoms with Gasteiger partial charge in [0.05, 0.1) is 37.0 Å². The van der Waals surface area contributed by atoms with Crippen molar-refractivity contribution in [1.29, 1.82) is 0 Å². The highest BCUT2D eigenvalue weighted by molar-refractivity contribution is 6.03. The topological polar surface area (TPSA) is 152 Å². The van der Waals surface area contributed by atoms with Crippen LogP contribution in [0.25, 0.3) is 0 Å². The fraction of sp³-hybridized carbons (Fsp3) is 0.778. The molecule has 0 aromatic heterocycles. The number of nitrogens with one attached hydrogen (secondary N) is 3. The van der Waals surface area contributed by atoms with Crippen molar-refractivity contribution >= 4 is 11.5 Å². The summed E-state index contributed by atoms with van der Waals surface area (Å²) >= 11 is 0. The van der Waals surface area contributed by atoms with Gasteiger partial charge in [-0.25, -0.2) is 0 Å². The molecule has 4 aliphatic heterocycles. The van der Waals surface area contributed by atoms with Crippen molar-refractivity contribution in [2.24, 2.45) is 21.6 Å². The molecule has 0 spiro atoms. The molecule has 0 bridgehead atoms. The molecule has 234 valence electrons. The van der Waals surface area contributed by atoms with E-state index in [1.54, 1.807) is 0 Å². The third-order valence-electron chi connectivity index (χ3n) is 9.17. The zero-order valence-electron chi connectivity index (χ0n) is 23.8. The van der Waals surface area contributed by atoms with Crippen LogP contribution in [0, 0.1) is 5.92 Å². The maximum absolute atomic E-state index is 12.6. The van der Waals surface area contributed by atoms with E-state index in [1.807, 2.05) is 4.90 Å². The number of rotatable bonds is 9. The van der Waals surface area contributed by atoms with Crippen LogP contribution in [0.3, 0.4) is 0 Å². The van der Waals surface area contributed by atoms with Crippen molar-refractivity contribution in [1.82, 2.24) is 25.8 Å². The highest BCUT2D eigenvalue weighted by Gasteiger charge is 2.51. The SMILES string of the molecule is CC(C)N(C[C@H]1O[C@@H](N2CNC3C2=NCNC3N)[C@H](O)[C@@H]1O)C1CC(CCC2N=C3CC=C(OC(F)(F)F)C=C3N2)C1. The maximum Gasteiger partial charge on any atom is 0.573 e. The summed E-state index contributed by atoms with van der Waals surface area (Å²) in [5.41, 5.74) is 7.51. The van der Waals surface area contributed by atoms with E-state index in [0.717, 1.165) is 37.2 Å². The number of aliphatic imine (C=N–C) groups is 2. The summed E-state index contributed by atoms with van der Waals surface area (Å²) in [5, 5.41) is 31.5. The fourth-order valence-corrected chi connectivity index (χ4v) is 6.90. The minimum atomic E-state index is -4.71. The third kappa shape index (κ3) is 6.05. The van der Waals surface area contributed by atoms with Crippen LogP contribution in [0.5, 0.6) is 0 Å². The molecule has 2 aliphatic carbocycles. The molecule has 0 aromatic carbocycles. The van der Waals surface area contributed by atoms with Crippen molar-refractivity contribution in [2.45, 2.75) is 107 Å². The van der Waals surface area contributed by atoms with Crippen molar-refractivity contribution in [3.8, 4) is 0 Å². The minimum absolute atomic E-state index is 0.149. The molecule has 4 heterocycles. The number of allylic oxidation sites excluding steroid dienone is 3. The summed E-state index contributed by atoms with van der Waals surface area (Å²) in [6.07, 6.45) is -1.66. The van der Waals surface area contributed by atoms with Crippen LogP contribution in [0.15, 0.2) is 33.6 Å². The molecular weight excluding hydrogens is 557 g/mol. The van der Waals surface area contributed by atoms with Crippen LogP contribution in [0.1, 0.15) is 46.0 Å². The van der Waals surface area contributed by atoms with Crippen molar-refractivity contribution in [3.05, 3.63) is 23.6 Å². The number of nitrogens with zero attached hydrogens (tertiary/aromatic N) is 4. The molecular formula is C27H41F3N8O4. The summed E-state index contributed by atoms with van der Waals surface area (Å²) in [6.45, 7) is 5.57. The second-order valence-corrected chi connectivity index (χ2v) is 12.3. The lowest BCUT2D eigenvalue weighted by molar-refractivity contribution is -0.303. The standard InChI is InChI=1S/C27H41F3N8O4/c1-13(2)37(10-19-22(39)23(40)26(41-19)38-12-34-21-24(31)32-11-33-25(21)38)15-7-14(8-15)3-6-20-35-17-5-4-16(9-18(17)36-20)42-27(28,29)30/h4,9,13-15,19-24,26,32,34,36,39-40H,3,5-8,10-12,31H2,1-2H3/t14?,15?,19-,20?,21?,22-,23-,24?,26-/m1/s1. The molecule has 0 aromatic rings. The fourth-order valence-electron chi connectivity index (χ4n) is 6.90. The molecule has 3 unspecified atom stereocenters. The highest BCUT2D eigenvalue weighted by atomic mass is 19.4. The smallest absolute Gasteiger partial charge is 0.406 e. The van der Waals surface area contributed by atoms with Crippen molar-refractivity contribution in [3.63, 3.8) is 0 Å². The molecule has 0 amide bonds. The number of fused-ring (bicyclic) bond motifs is 2. The number of aliphatic hydroxyl groups is 2. The number of hydrogen-bond acceptors (Lipinski definition) is 12. The molecule has 0 radical (unpaired) electrons. The van der Waals surface area contributed by atoms with Crippen LogP contribution >= 0.6 is 0 Å². The van der Waals surface area contributed by atoms with E-state index in [4.69, 9.17) is 10.5 Å². The van der Waals surface area contributed by atoms with Gasteiger partial charge in [-0.3, -0.25) is 25.5 Å². The predicted molar refractivity (Wildman–Crippen MR) is 148 cm³/mol. The van der Waals surface area contributed by atoms with E-state index >= 15 is 0 Å². The second-order valence-electron chi connectivity index (χ2n) is 12.3. The Labute approximate surface area is 242 Å². The summed E-state index contributed by atoms with van der Waals surface area (Å²) in [4.78, 5) is 13.4. The number of nitrogens with two attached hydrogens (primary N) is 1. The molecule has 7 atom stereocenters. The average molecular weight is 599 g/mol. The van der Waals surface area contributed by atoms with Gasteiger partial charge in [-0.05, 0) is 51.5 Å². The van der Waals surface area contributed by atoms with E-state index in [-0.39, 0.29) is 30.2 Å². The quantitative estimate of drug-likeness (QED) is 0.218. The molecule has 3 fully saturated rings. The summed E-state index contributed by atoms with van der Waals surface area (Å²) in [7, 11) is 0. The van der Waals surface area contributed by atoms with Gasteiger partial charge in [-0.1, -0.05) is 0 Å². The Hall–Kier alpha value is -2.27. The molecule has 6 rings (SSSR count). The lowest BCUT2D eigenvalue weighted by atomic mass is 9.76. The maximum atomic E-state index is 12.6. The predicted octanol–water partition coefficient (Wildman–Crippen LogP) is 0.256. The summed E-state index contributed by atoms with van der Waals surface area (Å²) in [6, 6.07) is 0.395. The van der Waals surface area contributed by atoms with Crippen LogP contribution in [-0.4, -0.2) is 113 Å². The first-order chi connectivity index (χ1) is 20.0. The highest BCUT2D eigenvalue weighted by Crippen LogP contribution is 2.38. The van der Waals surface area contributed by atoms with Gasteiger partial charge in [0.1, 0.15) is 36.1 Å². The van der Waals surface area contributed by atoms with Gasteiger partial charge in [0.2, 0.25) is 0 Å². The Balaban J connectivity index is 0.979. The van der Waals surface area contributed by atoms with Gasteiger partial charge < -0.3 is 35.6 Å². The van der Waals surface area contributed by atoms with Gasteiger partial charge >= 0.3 is 6.36 Å². The monoisotopic (exact) mass is 598 g/mol. The zero-order valence-corrected chi connectivity index (χ0v) is 23.8. The van der Waals surface area contributed by atoms with E-state index < -0.39 is 30.9 Å². The zero-order chi connectivity index (χ0) is 29.8. The van der Waals surface area contributed by atoms with E-state index in [9.17, 15) is 23.4 Å². The van der Waals surface area contributed by atoms with Gasteiger partial charge in [0, 0.05) is 31.1 Å². The Morgan fingerprint density at radius 2 is 2.00 bits per heavy atom. The molecule has 15 heteroatoms. The number of ether oxygens (including phenoxy) is 2. The lowest BCUT2D eigenvalue weighted by Crippen LogP contribution is -2.58. The number of aliphatic hydroxyl groups excluding tert-OH is 2. The summed E-state index contributed by atoms with van der Waals surface area (Å²) in [5.74, 6) is 1.05. The van der Waals surface area contributed by atoms with Crippen LogP contribution in [-0.2, 0) is 9.47 Å². The van der Waals surface area contributed by atoms with E-state index in [1.165, 1.54) is 12.2 Å². The molecule has 2 saturated heterocycles. The van der Waals surface area contributed by atoms with Crippen LogP contribution in [0.4, 0.5) is 13.2 Å². The molecule has 1 saturated carbocycles. The molecule has 42 heavy (non-hydrogen) atoms. The lowest BCUT2D eigenvalue weighted by Gasteiger charge is -2.46. The Morgan fingerprint density at radius 1 is 1.21 bits per heavy atom. The first kappa shape index (κ1) is 29.8. The van der Waals surface area contributed by atoms with Gasteiger partial charge in [0.15, 0.2) is 6.23 Å². The number of hydrogen-bond donors (Lipinski definition) is 6. The van der Waals surface area contributed by atoms with E-state index in [0.29, 0.717) is 44.0 Å². The van der Waals surface area contributed by atoms with Gasteiger partial charge in [-0.2, -0.15) is 0 Å². The first-order valence-electron chi connectivity index (χ1n) is 14.8. The average Bonchev–Trinajstić information content (AvgIpc) is 3.58. The molecule has 12 nitrogen and oxygen atoms in total. The van der Waals surface area contributed by atoms with Crippen molar-refractivity contribution < 1.29 is 32.9 Å². The summed E-state index contributed by atoms with van der Waals surface area (Å²) < 4.78 is 48.0. The largest absolute Gasteiger partial charge is 0.573 e. The van der Waals surface area contributed by atoms with E-state index in [2.05, 4.69) is 49.4 Å².